The maximum Gasteiger partial charge on any atom is 0.0365 e. The molecule has 742 valence electrons. The Morgan fingerprint density at radius 1 is 0.272 bits per heavy atom. The summed E-state index contributed by atoms with van der Waals surface area (Å²) in [5.41, 5.74) is 22.6. The minimum atomic E-state index is -2.12. The number of nitrogens with zero attached hydrogens (tertiary/aromatic N) is 8. The average molecular weight is 2630 g/mol. The molecule has 0 saturated heterocycles. The molecule has 0 aliphatic heterocycles. The second-order valence-electron chi connectivity index (χ2n) is 34.3. The monoisotopic (exact) mass is 2640 g/mol. The van der Waals surface area contributed by atoms with Crippen LogP contribution in [0.15, 0.2) is 492 Å². The number of rotatable bonds is 20. The van der Waals surface area contributed by atoms with E-state index >= 15 is 0 Å². The maximum atomic E-state index is 8.85. The maximum absolute atomic E-state index is 8.85. The van der Waals surface area contributed by atoms with Crippen LogP contribution >= 0.6 is 0 Å². The molecule has 0 saturated carbocycles. The fourth-order valence-corrected chi connectivity index (χ4v) is 15.0. The number of aryl methyl sites for hydroxylation is 1. The van der Waals surface area contributed by atoms with Gasteiger partial charge in [-0.2, -0.15) is 0 Å². The molecule has 8 nitrogen and oxygen atoms in total. The Morgan fingerprint density at radius 2 is 0.626 bits per heavy atom. The van der Waals surface area contributed by atoms with Gasteiger partial charge in [-0.05, 0) is 164 Å². The van der Waals surface area contributed by atoms with Gasteiger partial charge in [-0.25, -0.2) is 0 Å². The van der Waals surface area contributed by atoms with Gasteiger partial charge in [-0.3, -0.25) is 0 Å². The van der Waals surface area contributed by atoms with Gasteiger partial charge in [-0.1, -0.05) is 315 Å². The fourth-order valence-electron chi connectivity index (χ4n) is 15.0. The molecule has 12 heteroatoms. The minimum Gasteiger partial charge on any atom is -0.305 e. The van der Waals surface area contributed by atoms with Crippen molar-refractivity contribution in [3.8, 4) is 90.1 Å². The Labute approximate surface area is 944 Å². The molecule has 8 heterocycles. The molecule has 0 aliphatic carbocycles. The zero-order valence-corrected chi connectivity index (χ0v) is 92.3. The van der Waals surface area contributed by atoms with Crippen molar-refractivity contribution in [2.75, 3.05) is 0 Å². The Bertz CT molecular complexity index is 7390. The predicted octanol–water partition coefficient (Wildman–Crippen LogP) is 32.7. The van der Waals surface area contributed by atoms with Gasteiger partial charge < -0.3 is 39.9 Å². The van der Waals surface area contributed by atoms with Crippen LogP contribution < -0.4 is 0 Å². The standard InChI is InChI=1S/C20H18N.C19H16N.3C18H14N.C16H18N.C15H16N.C11H8N.4Ir/c1-20(2,16-10-4-3-5-11-16)18-13-7-6-12-17(18)19-14-8-9-15-21-19;1-15(16-9-3-2-4-10-16)17-11-5-6-12-18(17)19-13-7-8-14-20-19;1-3-7-15(8-4-1)13-16-11-12-19-18(14-16)17-9-5-2-6-10-17;2*1-2-8-15(9-3-1)14-16-10-4-5-11-17(16)18-12-6-7-13-19-18;1-16(2,3)12-13-9-10-17-15(11-13)14-7-5-4-6-8-14;1-11(2)14-8-9-16-15(10-14)13-6-4-12(3)5-7-13;1-2-6-10(7-3-1)11-8-4-5-9-12-11;;;;/h3-11,13-15H,1-2H3;2-11,13-15H,1H3;1-9,11-12,14H,13H2;2*1-10,12-13H,14H2;4-7,9-11H,12H2,1-3H3;4-6,8-11H,1-3H3;1-6,8-9H;;;;/q8*-1;;;;/i;15D;13D2;2*14D2;12D2;3D3,11D;;;;;. The first-order chi connectivity index (χ1) is 74.9. The third kappa shape index (κ3) is 36.4. The van der Waals surface area contributed by atoms with Crippen LogP contribution in [0, 0.1) is 60.8 Å². The van der Waals surface area contributed by atoms with Gasteiger partial charge in [0.05, 0.1) is 0 Å². The van der Waals surface area contributed by atoms with Gasteiger partial charge >= 0.3 is 0 Å². The molecule has 0 fully saturated rings. The fraction of sp³-hybridized carbons (Fsp3) is 0.126. The minimum absolute atomic E-state index is 0. The van der Waals surface area contributed by atoms with E-state index in [9.17, 15) is 0 Å². The Kier molecular flexibility index (Phi) is 40.0. The topological polar surface area (TPSA) is 103 Å². The molecule has 1 atom stereocenters. The summed E-state index contributed by atoms with van der Waals surface area (Å²) in [6, 6.07) is 163. The number of hydrogen-bond donors (Lipinski definition) is 0. The summed E-state index contributed by atoms with van der Waals surface area (Å²) >= 11 is 0. The van der Waals surface area contributed by atoms with Crippen molar-refractivity contribution < 1.29 is 98.2 Å². The molecule has 1 unspecified atom stereocenters. The molecule has 4 radical (unpaired) electrons. The Morgan fingerprint density at radius 3 is 1.05 bits per heavy atom. The molecule has 0 bridgehead atoms. The van der Waals surface area contributed by atoms with Crippen LogP contribution in [-0.2, 0) is 111 Å². The van der Waals surface area contributed by atoms with Crippen molar-refractivity contribution in [3.63, 3.8) is 0 Å². The van der Waals surface area contributed by atoms with Gasteiger partial charge in [0, 0.05) is 148 Å². The van der Waals surface area contributed by atoms with E-state index in [0.717, 1.165) is 89.9 Å². The van der Waals surface area contributed by atoms with Crippen LogP contribution in [0.25, 0.3) is 90.1 Å². The second-order valence-corrected chi connectivity index (χ2v) is 34.3. The van der Waals surface area contributed by atoms with E-state index in [2.05, 4.69) is 139 Å². The first-order valence-electron chi connectivity index (χ1n) is 53.6. The summed E-state index contributed by atoms with van der Waals surface area (Å²) in [5, 5.41) is 0. The third-order valence-corrected chi connectivity index (χ3v) is 22.1. The van der Waals surface area contributed by atoms with E-state index in [1.54, 1.807) is 134 Å². The van der Waals surface area contributed by atoms with Crippen molar-refractivity contribution in [1.82, 2.24) is 39.9 Å². The molecule has 147 heavy (non-hydrogen) atoms. The normalized spacial score (nSPS) is 12.6. The van der Waals surface area contributed by atoms with Crippen molar-refractivity contribution in [3.05, 3.63) is 613 Å². The predicted molar refractivity (Wildman–Crippen MR) is 590 cm³/mol. The molecule has 13 aromatic carbocycles. The summed E-state index contributed by atoms with van der Waals surface area (Å²) in [7, 11) is 0. The quantitative estimate of drug-likeness (QED) is 0.0695. The summed E-state index contributed by atoms with van der Waals surface area (Å²) in [6.45, 7) is 13.6. The number of pyridine rings is 8. The van der Waals surface area contributed by atoms with E-state index in [1.165, 1.54) is 17.2 Å². The van der Waals surface area contributed by atoms with Crippen molar-refractivity contribution in [1.29, 1.82) is 0 Å². The summed E-state index contributed by atoms with van der Waals surface area (Å²) in [5.74, 6) is -1.54. The van der Waals surface area contributed by atoms with E-state index in [4.69, 9.17) is 17.8 Å². The van der Waals surface area contributed by atoms with Gasteiger partial charge in [0.25, 0.3) is 0 Å². The van der Waals surface area contributed by atoms with E-state index in [-0.39, 0.29) is 91.4 Å². The van der Waals surface area contributed by atoms with Crippen molar-refractivity contribution in [2.45, 2.75) is 105 Å². The SMILES string of the molecule is CC(C)(c1ccccc1)c1ccc[c-]c1-c1ccccn1.[2H]C(C)(c1ccccc1)c1ccc[c-]c1-c1ccccn1.[2H]C([2H])([2H])c1c[c-]c(-c2cc(C([2H])(C)C)ccn2)cc1.[2H]C([2H])(c1ccccc1)c1ccc[c-]c1-c1ccccn1.[2H]C([2H])(c1ccccc1)c1ccc[c-]c1-c1ccccn1.[2H]C([2H])(c1ccccc1)c1ccnc(-c2[c-]cccc2)c1.[2H]C([2H])(c1ccnc(-c2[c-]cccc2)c1)C(C)(C)C.[Ir].[Ir].[Ir].[Ir].[c-]1ccccc1-c1ccccn1. The van der Waals surface area contributed by atoms with E-state index in [0.29, 0.717) is 55.8 Å². The molecule has 21 rings (SSSR count). The summed E-state index contributed by atoms with van der Waals surface area (Å²) in [6.07, 6.45) is 7.63. The number of hydrogen-bond acceptors (Lipinski definition) is 8. The molecular weight excluding hydrogens is 2500 g/mol. The van der Waals surface area contributed by atoms with Crippen LogP contribution in [0.2, 0.25) is 0 Å². The van der Waals surface area contributed by atoms with Crippen LogP contribution in [0.4, 0.5) is 0 Å². The number of aromatic nitrogens is 8. The van der Waals surface area contributed by atoms with Crippen LogP contribution in [-0.4, -0.2) is 39.9 Å². The Hall–Kier alpha value is -14.3. The molecule has 0 aliphatic rings. The van der Waals surface area contributed by atoms with Crippen LogP contribution in [0.5, 0.6) is 0 Å². The third-order valence-electron chi connectivity index (χ3n) is 22.1. The summed E-state index contributed by atoms with van der Waals surface area (Å²) in [4.78, 5) is 34.6. The van der Waals surface area contributed by atoms with Gasteiger partial charge in [0.15, 0.2) is 0 Å². The molecule has 8 aromatic heterocycles. The first kappa shape index (κ1) is 96.1. The zero-order valence-electron chi connectivity index (χ0n) is 95.7. The van der Waals surface area contributed by atoms with Crippen LogP contribution in [0.1, 0.15) is 157 Å². The van der Waals surface area contributed by atoms with E-state index < -0.39 is 49.5 Å². The van der Waals surface area contributed by atoms with E-state index in [1.807, 2.05) is 357 Å². The molecular formula is C135H118Ir4N8-8. The van der Waals surface area contributed by atoms with Crippen molar-refractivity contribution in [2.24, 2.45) is 5.41 Å². The number of benzene rings is 13. The van der Waals surface area contributed by atoms with Gasteiger partial charge in [-0.15, -0.1) is 285 Å². The molecule has 21 aromatic rings. The van der Waals surface area contributed by atoms with Crippen LogP contribution in [0.3, 0.4) is 0 Å². The molecule has 0 N–H and O–H groups in total. The first-order valence-corrected chi connectivity index (χ1v) is 47.1. The Balaban J connectivity index is 0.000000185. The average Bonchev–Trinajstić information content (AvgIpc) is 0.778. The van der Waals surface area contributed by atoms with Gasteiger partial charge in [0.2, 0.25) is 0 Å². The smallest absolute Gasteiger partial charge is 0.0365 e. The van der Waals surface area contributed by atoms with Gasteiger partial charge in [0.1, 0.15) is 0 Å². The zero-order chi connectivity index (χ0) is 111. The summed E-state index contributed by atoms with van der Waals surface area (Å²) < 4.78 is 106. The molecule has 0 spiro atoms. The van der Waals surface area contributed by atoms with Crippen molar-refractivity contribution >= 4 is 0 Å². The molecule has 0 amide bonds. The second kappa shape index (κ2) is 61.2. The largest absolute Gasteiger partial charge is 0.305 e.